The van der Waals surface area contributed by atoms with Crippen molar-refractivity contribution in [3.05, 3.63) is 35.4 Å². The number of nitrogens with zero attached hydrogens (tertiary/aromatic N) is 4. The number of carbonyl (C=O) groups is 3. The van der Waals surface area contributed by atoms with Crippen molar-refractivity contribution in [1.82, 2.24) is 14.7 Å². The van der Waals surface area contributed by atoms with Crippen molar-refractivity contribution >= 4 is 23.6 Å². The van der Waals surface area contributed by atoms with Crippen molar-refractivity contribution in [3.63, 3.8) is 0 Å². The van der Waals surface area contributed by atoms with Crippen molar-refractivity contribution in [1.29, 1.82) is 0 Å². The molecule has 2 aliphatic heterocycles. The highest BCUT2D eigenvalue weighted by molar-refractivity contribution is 6.39. The van der Waals surface area contributed by atoms with Gasteiger partial charge in [0.05, 0.1) is 11.6 Å². The molecule has 1 spiro atoms. The van der Waals surface area contributed by atoms with Gasteiger partial charge in [0.2, 0.25) is 5.91 Å². The lowest BCUT2D eigenvalue weighted by molar-refractivity contribution is -0.134. The van der Waals surface area contributed by atoms with Gasteiger partial charge in [0.1, 0.15) is 5.66 Å². The molecule has 1 N–H and O–H groups in total. The molecule has 3 fully saturated rings. The molecule has 0 aromatic heterocycles. The van der Waals surface area contributed by atoms with Crippen LogP contribution >= 0.6 is 0 Å². The smallest absolute Gasteiger partial charge is 0.335 e. The van der Waals surface area contributed by atoms with Gasteiger partial charge in [-0.25, -0.2) is 9.79 Å². The lowest BCUT2D eigenvalue weighted by Gasteiger charge is -2.47. The third-order valence-corrected chi connectivity index (χ3v) is 10.0. The molecule has 0 unspecified atom stereocenters. The largest absolute Gasteiger partial charge is 0.478 e. The molecule has 4 aliphatic rings. The third-order valence-electron chi connectivity index (χ3n) is 10.0. The first-order chi connectivity index (χ1) is 19.7. The number of rotatable bonds is 6. The number of aliphatic imine (C=N–C) groups is 1. The second-order valence-corrected chi connectivity index (χ2v) is 15.4. The number of amides is 2. The van der Waals surface area contributed by atoms with Gasteiger partial charge < -0.3 is 19.8 Å². The highest BCUT2D eigenvalue weighted by Crippen LogP contribution is 2.50. The Kier molecular flexibility index (Phi) is 8.23. The monoisotopic (exact) mass is 578 g/mol. The Morgan fingerprint density at radius 2 is 1.55 bits per heavy atom. The molecule has 1 aromatic rings. The molecule has 8 nitrogen and oxygen atoms in total. The van der Waals surface area contributed by atoms with Gasteiger partial charge >= 0.3 is 5.97 Å². The number of benzene rings is 1. The molecule has 42 heavy (non-hydrogen) atoms. The summed E-state index contributed by atoms with van der Waals surface area (Å²) < 4.78 is 0. The second kappa shape index (κ2) is 11.3. The van der Waals surface area contributed by atoms with Crippen LogP contribution in [0.4, 0.5) is 0 Å². The van der Waals surface area contributed by atoms with E-state index in [0.717, 1.165) is 56.9 Å². The van der Waals surface area contributed by atoms with Crippen LogP contribution in [-0.2, 0) is 9.59 Å². The SMILES string of the molecule is CC(C)(C)CC[C@H](c1ccc(C(=O)O)cc1)N1C(=O)C(N2CCN(C(=O)C3CC3)CC2)=NC12CCC(C(C)(C)C)CC2. The maximum atomic E-state index is 14.6. The van der Waals surface area contributed by atoms with Crippen LogP contribution in [0.2, 0.25) is 0 Å². The molecular formula is C34H50N4O4. The van der Waals surface area contributed by atoms with Crippen LogP contribution < -0.4 is 0 Å². The standard InChI is InChI=1S/C34H50N4O4/c1-32(2,3)16-15-27(23-7-11-25(12-8-23)31(41)42)38-30(40)28(35-34(38)17-13-26(14-18-34)33(4,5)6)36-19-21-37(22-20-36)29(39)24-9-10-24/h7-8,11-12,24,26-27H,9-10,13-22H2,1-6H3,(H,41,42)/t26?,27-,34?/m1/s1. The van der Waals surface area contributed by atoms with Gasteiger partial charge in [-0.3, -0.25) is 9.59 Å². The van der Waals surface area contributed by atoms with E-state index in [1.54, 1.807) is 12.1 Å². The van der Waals surface area contributed by atoms with Crippen molar-refractivity contribution in [3.8, 4) is 0 Å². The van der Waals surface area contributed by atoms with Gasteiger partial charge in [0.25, 0.3) is 5.91 Å². The Balaban J connectivity index is 1.47. The summed E-state index contributed by atoms with van der Waals surface area (Å²) in [5.74, 6) is 0.610. The summed E-state index contributed by atoms with van der Waals surface area (Å²) in [5, 5.41) is 9.52. The maximum absolute atomic E-state index is 14.6. The Morgan fingerprint density at radius 3 is 2.05 bits per heavy atom. The molecule has 0 radical (unpaired) electrons. The Labute approximate surface area is 251 Å². The molecular weight excluding hydrogens is 528 g/mol. The van der Waals surface area contributed by atoms with Crippen molar-refractivity contribution < 1.29 is 19.5 Å². The zero-order valence-corrected chi connectivity index (χ0v) is 26.5. The number of carboxylic acids is 1. The Morgan fingerprint density at radius 1 is 0.952 bits per heavy atom. The number of aromatic carboxylic acids is 1. The number of hydrogen-bond donors (Lipinski definition) is 1. The van der Waals surface area contributed by atoms with E-state index < -0.39 is 11.6 Å². The number of carbonyl (C=O) groups excluding carboxylic acids is 2. The van der Waals surface area contributed by atoms with Crippen molar-refractivity contribution in [2.24, 2.45) is 27.7 Å². The molecule has 1 aromatic carbocycles. The van der Waals surface area contributed by atoms with E-state index >= 15 is 0 Å². The Bertz CT molecular complexity index is 1210. The van der Waals surface area contributed by atoms with E-state index in [1.807, 2.05) is 17.0 Å². The average molecular weight is 579 g/mol. The average Bonchev–Trinajstić information content (AvgIpc) is 3.75. The Hall–Kier alpha value is -2.90. The number of piperazine rings is 1. The van der Waals surface area contributed by atoms with E-state index in [1.165, 1.54) is 0 Å². The molecule has 2 heterocycles. The molecule has 230 valence electrons. The summed E-state index contributed by atoms with van der Waals surface area (Å²) >= 11 is 0. The molecule has 5 rings (SSSR count). The first-order valence-electron chi connectivity index (χ1n) is 16.0. The summed E-state index contributed by atoms with van der Waals surface area (Å²) in [6.07, 6.45) is 7.36. The molecule has 8 heteroatoms. The fraction of sp³-hybridized carbons (Fsp3) is 0.706. The predicted molar refractivity (Wildman–Crippen MR) is 164 cm³/mol. The van der Waals surface area contributed by atoms with Crippen LogP contribution in [0.15, 0.2) is 29.3 Å². The van der Waals surface area contributed by atoms with Crippen LogP contribution in [-0.4, -0.2) is 75.3 Å². The van der Waals surface area contributed by atoms with E-state index in [4.69, 9.17) is 4.99 Å². The van der Waals surface area contributed by atoms with E-state index in [2.05, 4.69) is 51.3 Å². The van der Waals surface area contributed by atoms with Gasteiger partial charge in [0, 0.05) is 32.1 Å². The van der Waals surface area contributed by atoms with Crippen LogP contribution in [0, 0.1) is 22.7 Å². The summed E-state index contributed by atoms with van der Waals surface area (Å²) in [6.45, 7) is 16.1. The van der Waals surface area contributed by atoms with Crippen LogP contribution in [0.1, 0.15) is 115 Å². The minimum Gasteiger partial charge on any atom is -0.478 e. The highest BCUT2D eigenvalue weighted by Gasteiger charge is 2.54. The fourth-order valence-electron chi connectivity index (χ4n) is 7.12. The molecule has 2 amide bonds. The maximum Gasteiger partial charge on any atom is 0.335 e. The zero-order chi connectivity index (χ0) is 30.4. The van der Waals surface area contributed by atoms with E-state index in [9.17, 15) is 19.5 Å². The summed E-state index contributed by atoms with van der Waals surface area (Å²) in [6, 6.07) is 6.88. The predicted octanol–water partition coefficient (Wildman–Crippen LogP) is 5.98. The molecule has 1 saturated heterocycles. The molecule has 0 bridgehead atoms. The van der Waals surface area contributed by atoms with Gasteiger partial charge in [-0.1, -0.05) is 53.7 Å². The van der Waals surface area contributed by atoms with Crippen LogP contribution in [0.3, 0.4) is 0 Å². The number of hydrogen-bond acceptors (Lipinski definition) is 5. The first-order valence-corrected chi connectivity index (χ1v) is 16.0. The fourth-order valence-corrected chi connectivity index (χ4v) is 7.12. The lowest BCUT2D eigenvalue weighted by Crippen LogP contribution is -2.54. The summed E-state index contributed by atoms with van der Waals surface area (Å²) in [5.41, 5.74) is 0.879. The van der Waals surface area contributed by atoms with Gasteiger partial charge in [-0.05, 0) is 85.8 Å². The van der Waals surface area contributed by atoms with Gasteiger partial charge in [-0.15, -0.1) is 0 Å². The van der Waals surface area contributed by atoms with Crippen LogP contribution in [0.25, 0.3) is 0 Å². The minimum atomic E-state index is -0.952. The zero-order valence-electron chi connectivity index (χ0n) is 26.5. The van der Waals surface area contributed by atoms with Crippen molar-refractivity contribution in [2.45, 2.75) is 105 Å². The topological polar surface area (TPSA) is 93.5 Å². The summed E-state index contributed by atoms with van der Waals surface area (Å²) in [4.78, 5) is 50.4. The second-order valence-electron chi connectivity index (χ2n) is 15.4. The quantitative estimate of drug-likeness (QED) is 0.448. The highest BCUT2D eigenvalue weighted by atomic mass is 16.4. The number of amidine groups is 1. The van der Waals surface area contributed by atoms with E-state index in [0.29, 0.717) is 37.9 Å². The summed E-state index contributed by atoms with van der Waals surface area (Å²) in [7, 11) is 0. The molecule has 1 atom stereocenters. The molecule has 2 aliphatic carbocycles. The van der Waals surface area contributed by atoms with E-state index in [-0.39, 0.29) is 40.2 Å². The van der Waals surface area contributed by atoms with Gasteiger partial charge in [0.15, 0.2) is 5.84 Å². The third kappa shape index (κ3) is 6.37. The van der Waals surface area contributed by atoms with Crippen LogP contribution in [0.5, 0.6) is 0 Å². The lowest BCUT2D eigenvalue weighted by atomic mass is 9.69. The minimum absolute atomic E-state index is 0.0209. The number of carboxylic acid groups (broad SMARTS) is 1. The molecule has 2 saturated carbocycles. The normalized spacial score (nSPS) is 26.0. The van der Waals surface area contributed by atoms with Crippen molar-refractivity contribution in [2.75, 3.05) is 26.2 Å². The van der Waals surface area contributed by atoms with Gasteiger partial charge in [-0.2, -0.15) is 0 Å². The first kappa shape index (κ1) is 30.6.